The Morgan fingerprint density at radius 2 is 1.93 bits per heavy atom. The lowest BCUT2D eigenvalue weighted by Crippen LogP contribution is -2.37. The van der Waals surface area contributed by atoms with Gasteiger partial charge in [0.1, 0.15) is 11.4 Å². The van der Waals surface area contributed by atoms with Gasteiger partial charge in [0, 0.05) is 24.7 Å². The summed E-state index contributed by atoms with van der Waals surface area (Å²) in [4.78, 5) is 23.4. The van der Waals surface area contributed by atoms with E-state index in [4.69, 9.17) is 4.98 Å². The van der Waals surface area contributed by atoms with Crippen LogP contribution in [0.4, 0.5) is 10.3 Å². The van der Waals surface area contributed by atoms with Crippen molar-refractivity contribution in [2.24, 2.45) is 5.92 Å². The molecule has 1 aromatic heterocycles. The highest BCUT2D eigenvalue weighted by Gasteiger charge is 2.42. The van der Waals surface area contributed by atoms with Gasteiger partial charge in [-0.3, -0.25) is 0 Å². The Kier molecular flexibility index (Phi) is 5.04. The van der Waals surface area contributed by atoms with Crippen LogP contribution in [-0.4, -0.2) is 34.1 Å². The van der Waals surface area contributed by atoms with E-state index in [2.05, 4.69) is 16.8 Å². The molecule has 0 amide bonds. The van der Waals surface area contributed by atoms with E-state index in [0.29, 0.717) is 17.6 Å². The number of carboxylic acids is 1. The number of hydrogen-bond acceptors (Lipinski definition) is 4. The van der Waals surface area contributed by atoms with Crippen molar-refractivity contribution in [1.82, 2.24) is 9.97 Å². The lowest BCUT2D eigenvalue weighted by Gasteiger charge is -2.34. The Labute approximate surface area is 164 Å². The van der Waals surface area contributed by atoms with Crippen molar-refractivity contribution >= 4 is 11.9 Å². The van der Waals surface area contributed by atoms with Crippen LogP contribution in [0.25, 0.3) is 0 Å². The lowest BCUT2D eigenvalue weighted by atomic mass is 9.74. The minimum absolute atomic E-state index is 0.153. The monoisotopic (exact) mass is 383 g/mol. The standard InChI is InChI=1S/C22H26FN3O2/c1-15-5-4-12-26(14-15)21-24-13-18(20(27)28)19(25-21)22(10-2-3-11-22)16-6-8-17(23)9-7-16/h6-9,13,15H,2-5,10-12,14H2,1H3,(H,27,28). The molecule has 0 spiro atoms. The van der Waals surface area contributed by atoms with Crippen LogP contribution in [0.3, 0.4) is 0 Å². The normalized spacial score (nSPS) is 21.6. The average molecular weight is 383 g/mol. The van der Waals surface area contributed by atoms with Crippen LogP contribution in [0, 0.1) is 11.7 Å². The lowest BCUT2D eigenvalue weighted by molar-refractivity contribution is 0.0693. The molecule has 1 saturated heterocycles. The first-order chi connectivity index (χ1) is 13.5. The molecule has 2 fully saturated rings. The largest absolute Gasteiger partial charge is 0.478 e. The van der Waals surface area contributed by atoms with Gasteiger partial charge in [-0.1, -0.05) is 31.9 Å². The molecule has 4 rings (SSSR count). The van der Waals surface area contributed by atoms with Gasteiger partial charge in [-0.15, -0.1) is 0 Å². The summed E-state index contributed by atoms with van der Waals surface area (Å²) in [5.74, 6) is -0.125. The van der Waals surface area contributed by atoms with Crippen molar-refractivity contribution in [2.75, 3.05) is 18.0 Å². The van der Waals surface area contributed by atoms with E-state index < -0.39 is 11.4 Å². The molecule has 1 atom stereocenters. The molecule has 148 valence electrons. The average Bonchev–Trinajstić information content (AvgIpc) is 3.19. The summed E-state index contributed by atoms with van der Waals surface area (Å²) in [6, 6.07) is 6.45. The number of nitrogens with zero attached hydrogens (tertiary/aromatic N) is 3. The number of halogens is 1. The molecule has 0 bridgehead atoms. The second kappa shape index (κ2) is 7.49. The minimum Gasteiger partial charge on any atom is -0.478 e. The Morgan fingerprint density at radius 1 is 1.21 bits per heavy atom. The van der Waals surface area contributed by atoms with Crippen LogP contribution in [0.5, 0.6) is 0 Å². The van der Waals surface area contributed by atoms with E-state index in [1.165, 1.54) is 24.8 Å². The van der Waals surface area contributed by atoms with Crippen molar-refractivity contribution in [3.63, 3.8) is 0 Å². The Morgan fingerprint density at radius 3 is 2.57 bits per heavy atom. The summed E-state index contributed by atoms with van der Waals surface area (Å²) in [5.41, 5.74) is 1.17. The molecular weight excluding hydrogens is 357 g/mol. The van der Waals surface area contributed by atoms with E-state index >= 15 is 0 Å². The van der Waals surface area contributed by atoms with Crippen LogP contribution < -0.4 is 4.90 Å². The van der Waals surface area contributed by atoms with Gasteiger partial charge < -0.3 is 10.0 Å². The third kappa shape index (κ3) is 3.36. The topological polar surface area (TPSA) is 66.3 Å². The second-order valence-corrected chi connectivity index (χ2v) is 8.23. The van der Waals surface area contributed by atoms with Crippen LogP contribution >= 0.6 is 0 Å². The number of piperidine rings is 1. The number of carbonyl (C=O) groups is 1. The van der Waals surface area contributed by atoms with Gasteiger partial charge in [0.2, 0.25) is 5.95 Å². The molecule has 6 heteroatoms. The fourth-order valence-electron chi connectivity index (χ4n) is 4.83. The van der Waals surface area contributed by atoms with E-state index in [1.807, 2.05) is 0 Å². The first kappa shape index (κ1) is 18.8. The molecule has 1 unspecified atom stereocenters. The number of anilines is 1. The first-order valence-corrected chi connectivity index (χ1v) is 10.1. The molecule has 1 aliphatic heterocycles. The number of carboxylic acid groups (broad SMARTS) is 1. The Balaban J connectivity index is 1.83. The highest BCUT2D eigenvalue weighted by atomic mass is 19.1. The summed E-state index contributed by atoms with van der Waals surface area (Å²) in [7, 11) is 0. The highest BCUT2D eigenvalue weighted by molar-refractivity contribution is 5.89. The van der Waals surface area contributed by atoms with Crippen molar-refractivity contribution < 1.29 is 14.3 Å². The van der Waals surface area contributed by atoms with Gasteiger partial charge in [0.15, 0.2) is 0 Å². The Hall–Kier alpha value is -2.50. The molecule has 28 heavy (non-hydrogen) atoms. The molecular formula is C22H26FN3O2. The molecule has 1 aromatic carbocycles. The molecule has 1 saturated carbocycles. The highest BCUT2D eigenvalue weighted by Crippen LogP contribution is 2.47. The quantitative estimate of drug-likeness (QED) is 0.847. The summed E-state index contributed by atoms with van der Waals surface area (Å²) >= 11 is 0. The summed E-state index contributed by atoms with van der Waals surface area (Å²) in [6.07, 6.45) is 7.35. The number of aromatic carboxylic acids is 1. The minimum atomic E-state index is -1.01. The summed E-state index contributed by atoms with van der Waals surface area (Å²) in [6.45, 7) is 3.99. The predicted octanol–water partition coefficient (Wildman–Crippen LogP) is 4.41. The summed E-state index contributed by atoms with van der Waals surface area (Å²) in [5, 5.41) is 9.82. The number of rotatable bonds is 4. The molecule has 1 N–H and O–H groups in total. The van der Waals surface area contributed by atoms with Crippen molar-refractivity contribution in [2.45, 2.75) is 50.9 Å². The number of benzene rings is 1. The van der Waals surface area contributed by atoms with E-state index in [-0.39, 0.29) is 11.4 Å². The number of aromatic nitrogens is 2. The zero-order valence-corrected chi connectivity index (χ0v) is 16.2. The second-order valence-electron chi connectivity index (χ2n) is 8.23. The fourth-order valence-corrected chi connectivity index (χ4v) is 4.83. The van der Waals surface area contributed by atoms with Crippen molar-refractivity contribution in [3.05, 3.63) is 53.1 Å². The third-order valence-corrected chi connectivity index (χ3v) is 6.25. The van der Waals surface area contributed by atoms with Crippen molar-refractivity contribution in [1.29, 1.82) is 0 Å². The van der Waals surface area contributed by atoms with Crippen LogP contribution in [-0.2, 0) is 5.41 Å². The van der Waals surface area contributed by atoms with Crippen LogP contribution in [0.15, 0.2) is 30.5 Å². The molecule has 2 aliphatic rings. The van der Waals surface area contributed by atoms with Gasteiger partial charge in [-0.25, -0.2) is 19.2 Å². The molecule has 0 radical (unpaired) electrons. The van der Waals surface area contributed by atoms with Gasteiger partial charge in [-0.2, -0.15) is 0 Å². The van der Waals surface area contributed by atoms with Crippen LogP contribution in [0.2, 0.25) is 0 Å². The molecule has 2 aromatic rings. The maximum absolute atomic E-state index is 13.5. The predicted molar refractivity (Wildman–Crippen MR) is 105 cm³/mol. The van der Waals surface area contributed by atoms with Crippen molar-refractivity contribution in [3.8, 4) is 0 Å². The maximum atomic E-state index is 13.5. The SMILES string of the molecule is CC1CCCN(c2ncc(C(=O)O)c(C3(c4ccc(F)cc4)CCCC3)n2)C1. The molecule has 5 nitrogen and oxygen atoms in total. The van der Waals surface area contributed by atoms with E-state index in [1.54, 1.807) is 12.1 Å². The van der Waals surface area contributed by atoms with Gasteiger partial charge in [0.25, 0.3) is 0 Å². The van der Waals surface area contributed by atoms with E-state index in [9.17, 15) is 14.3 Å². The zero-order chi connectivity index (χ0) is 19.7. The van der Waals surface area contributed by atoms with Gasteiger partial charge >= 0.3 is 5.97 Å². The van der Waals surface area contributed by atoms with Gasteiger partial charge in [0.05, 0.1) is 5.69 Å². The maximum Gasteiger partial charge on any atom is 0.339 e. The Bertz CT molecular complexity index is 863. The van der Waals surface area contributed by atoms with Crippen LogP contribution in [0.1, 0.15) is 67.1 Å². The molecule has 1 aliphatic carbocycles. The van der Waals surface area contributed by atoms with E-state index in [0.717, 1.165) is 50.8 Å². The fraction of sp³-hybridized carbons (Fsp3) is 0.500. The third-order valence-electron chi connectivity index (χ3n) is 6.25. The van der Waals surface area contributed by atoms with Gasteiger partial charge in [-0.05, 0) is 49.3 Å². The zero-order valence-electron chi connectivity index (χ0n) is 16.2. The number of hydrogen-bond donors (Lipinski definition) is 1. The summed E-state index contributed by atoms with van der Waals surface area (Å²) < 4.78 is 13.5. The smallest absolute Gasteiger partial charge is 0.339 e. The first-order valence-electron chi connectivity index (χ1n) is 10.1. The molecule has 2 heterocycles.